The summed E-state index contributed by atoms with van der Waals surface area (Å²) >= 11 is 0. The third-order valence-corrected chi connectivity index (χ3v) is 2.72. The summed E-state index contributed by atoms with van der Waals surface area (Å²) in [5.74, 6) is 1.47. The largest absolute Gasteiger partial charge is 0.496 e. The topological polar surface area (TPSA) is 42.6 Å². The fourth-order valence-electron chi connectivity index (χ4n) is 1.84. The Balaban J connectivity index is 2.23. The third kappa shape index (κ3) is 2.68. The summed E-state index contributed by atoms with van der Waals surface area (Å²) < 4.78 is 10.5. The predicted molar refractivity (Wildman–Crippen MR) is 65.1 cm³/mol. The molecule has 1 aromatic carbocycles. The molecule has 1 atom stereocenters. The van der Waals surface area contributed by atoms with Crippen LogP contribution in [0.25, 0.3) is 0 Å². The number of aliphatic hydroxyl groups excluding tert-OH is 1. The molecule has 0 radical (unpaired) electrons. The van der Waals surface area contributed by atoms with Crippen molar-refractivity contribution < 1.29 is 14.3 Å². The van der Waals surface area contributed by atoms with E-state index in [-0.39, 0.29) is 0 Å². The van der Waals surface area contributed by atoms with Crippen LogP contribution in [-0.2, 0) is 6.42 Å². The Bertz CT molecular complexity index is 474. The van der Waals surface area contributed by atoms with E-state index in [1.54, 1.807) is 13.4 Å². The smallest absolute Gasteiger partial charge is 0.124 e. The summed E-state index contributed by atoms with van der Waals surface area (Å²) in [6.45, 7) is 1.99. The maximum Gasteiger partial charge on any atom is 0.124 e. The van der Waals surface area contributed by atoms with Gasteiger partial charge in [0.2, 0.25) is 0 Å². The van der Waals surface area contributed by atoms with Crippen molar-refractivity contribution in [1.82, 2.24) is 0 Å². The summed E-state index contributed by atoms with van der Waals surface area (Å²) in [6.07, 6.45) is 1.44. The number of rotatable bonds is 4. The van der Waals surface area contributed by atoms with Gasteiger partial charge in [-0.3, -0.25) is 0 Å². The van der Waals surface area contributed by atoms with Gasteiger partial charge >= 0.3 is 0 Å². The fraction of sp³-hybridized carbons (Fsp3) is 0.286. The summed E-state index contributed by atoms with van der Waals surface area (Å²) in [6, 6.07) is 9.44. The normalized spacial score (nSPS) is 12.4. The van der Waals surface area contributed by atoms with Crippen LogP contribution in [0.3, 0.4) is 0 Å². The van der Waals surface area contributed by atoms with Crippen molar-refractivity contribution in [2.75, 3.05) is 7.11 Å². The number of hydrogen-bond acceptors (Lipinski definition) is 3. The quantitative estimate of drug-likeness (QED) is 0.881. The SMILES string of the molecule is COc1ccc(C)cc1C(O)Cc1ccco1. The molecule has 0 aliphatic carbocycles. The summed E-state index contributed by atoms with van der Waals surface area (Å²) in [5.41, 5.74) is 1.89. The van der Waals surface area contributed by atoms with Crippen LogP contribution in [0.4, 0.5) is 0 Å². The van der Waals surface area contributed by atoms with Gasteiger partial charge in [0.1, 0.15) is 11.5 Å². The first-order valence-electron chi connectivity index (χ1n) is 5.55. The average Bonchev–Trinajstić information content (AvgIpc) is 2.81. The van der Waals surface area contributed by atoms with Gasteiger partial charge in [0.05, 0.1) is 19.5 Å². The van der Waals surface area contributed by atoms with Crippen LogP contribution in [0, 0.1) is 6.92 Å². The molecule has 0 saturated heterocycles. The third-order valence-electron chi connectivity index (χ3n) is 2.72. The number of hydrogen-bond donors (Lipinski definition) is 1. The highest BCUT2D eigenvalue weighted by Gasteiger charge is 2.15. The minimum Gasteiger partial charge on any atom is -0.496 e. The van der Waals surface area contributed by atoms with E-state index in [2.05, 4.69) is 0 Å². The molecule has 0 aliphatic rings. The van der Waals surface area contributed by atoms with Crippen molar-refractivity contribution in [3.05, 3.63) is 53.5 Å². The van der Waals surface area contributed by atoms with Gasteiger partial charge in [0, 0.05) is 12.0 Å². The number of aliphatic hydroxyl groups is 1. The number of benzene rings is 1. The van der Waals surface area contributed by atoms with Gasteiger partial charge < -0.3 is 14.3 Å². The Morgan fingerprint density at radius 2 is 2.18 bits per heavy atom. The maximum atomic E-state index is 10.2. The van der Waals surface area contributed by atoms with E-state index in [0.717, 1.165) is 16.9 Å². The lowest BCUT2D eigenvalue weighted by atomic mass is 10.0. The maximum absolute atomic E-state index is 10.2. The molecule has 1 heterocycles. The van der Waals surface area contributed by atoms with Gasteiger partial charge in [-0.15, -0.1) is 0 Å². The minimum absolute atomic E-state index is 0.451. The van der Waals surface area contributed by atoms with E-state index in [9.17, 15) is 5.11 Å². The van der Waals surface area contributed by atoms with Crippen molar-refractivity contribution in [3.8, 4) is 5.75 Å². The van der Waals surface area contributed by atoms with Gasteiger partial charge in [0.15, 0.2) is 0 Å². The standard InChI is InChI=1S/C14H16O3/c1-10-5-6-14(16-2)12(8-10)13(15)9-11-4-3-7-17-11/h3-8,13,15H,9H2,1-2H3. The molecule has 17 heavy (non-hydrogen) atoms. The van der Waals surface area contributed by atoms with Crippen LogP contribution in [0.5, 0.6) is 5.75 Å². The van der Waals surface area contributed by atoms with Crippen LogP contribution in [0.2, 0.25) is 0 Å². The Hall–Kier alpha value is -1.74. The number of furan rings is 1. The second kappa shape index (κ2) is 5.06. The summed E-state index contributed by atoms with van der Waals surface area (Å²) in [5, 5.41) is 10.2. The lowest BCUT2D eigenvalue weighted by molar-refractivity contribution is 0.166. The zero-order valence-electron chi connectivity index (χ0n) is 10.0. The van der Waals surface area contributed by atoms with E-state index in [1.165, 1.54) is 0 Å². The van der Waals surface area contributed by atoms with E-state index in [4.69, 9.17) is 9.15 Å². The van der Waals surface area contributed by atoms with E-state index in [0.29, 0.717) is 12.2 Å². The molecule has 1 aromatic heterocycles. The molecule has 1 unspecified atom stereocenters. The summed E-state index contributed by atoms with van der Waals surface area (Å²) in [7, 11) is 1.60. The molecule has 2 aromatic rings. The second-order valence-corrected chi connectivity index (χ2v) is 4.04. The van der Waals surface area contributed by atoms with Gasteiger partial charge in [-0.1, -0.05) is 11.6 Å². The van der Waals surface area contributed by atoms with Crippen LogP contribution in [0.1, 0.15) is 23.0 Å². The van der Waals surface area contributed by atoms with E-state index < -0.39 is 6.10 Å². The van der Waals surface area contributed by atoms with Crippen molar-refractivity contribution in [3.63, 3.8) is 0 Å². The molecule has 0 fully saturated rings. The number of aryl methyl sites for hydroxylation is 1. The molecular formula is C14H16O3. The van der Waals surface area contributed by atoms with Crippen LogP contribution in [0.15, 0.2) is 41.0 Å². The first-order valence-corrected chi connectivity index (χ1v) is 5.55. The Morgan fingerprint density at radius 1 is 1.35 bits per heavy atom. The van der Waals surface area contributed by atoms with Gasteiger partial charge in [-0.2, -0.15) is 0 Å². The Kier molecular flexibility index (Phi) is 3.49. The average molecular weight is 232 g/mol. The van der Waals surface area contributed by atoms with Crippen molar-refractivity contribution in [1.29, 1.82) is 0 Å². The molecule has 90 valence electrons. The van der Waals surface area contributed by atoms with Crippen LogP contribution >= 0.6 is 0 Å². The van der Waals surface area contributed by atoms with Crippen LogP contribution < -0.4 is 4.74 Å². The molecule has 0 amide bonds. The minimum atomic E-state index is -0.615. The lowest BCUT2D eigenvalue weighted by Crippen LogP contribution is -2.04. The number of ether oxygens (including phenoxy) is 1. The second-order valence-electron chi connectivity index (χ2n) is 4.04. The first-order chi connectivity index (χ1) is 8.20. The van der Waals surface area contributed by atoms with Crippen LogP contribution in [-0.4, -0.2) is 12.2 Å². The molecule has 0 aliphatic heterocycles. The van der Waals surface area contributed by atoms with Gasteiger partial charge in [-0.05, 0) is 31.2 Å². The highest BCUT2D eigenvalue weighted by atomic mass is 16.5. The molecule has 0 spiro atoms. The first kappa shape index (κ1) is 11.7. The molecule has 3 nitrogen and oxygen atoms in total. The fourth-order valence-corrected chi connectivity index (χ4v) is 1.84. The zero-order chi connectivity index (χ0) is 12.3. The Labute approximate surface area is 101 Å². The van der Waals surface area contributed by atoms with E-state index in [1.807, 2.05) is 37.3 Å². The monoisotopic (exact) mass is 232 g/mol. The van der Waals surface area contributed by atoms with Crippen molar-refractivity contribution in [2.24, 2.45) is 0 Å². The zero-order valence-corrected chi connectivity index (χ0v) is 10.0. The van der Waals surface area contributed by atoms with Gasteiger partial charge in [-0.25, -0.2) is 0 Å². The molecular weight excluding hydrogens is 216 g/mol. The molecule has 0 bridgehead atoms. The Morgan fingerprint density at radius 3 is 2.82 bits per heavy atom. The molecule has 3 heteroatoms. The highest BCUT2D eigenvalue weighted by molar-refractivity contribution is 5.38. The van der Waals surface area contributed by atoms with Crippen molar-refractivity contribution >= 4 is 0 Å². The molecule has 0 saturated carbocycles. The summed E-state index contributed by atoms with van der Waals surface area (Å²) in [4.78, 5) is 0. The predicted octanol–water partition coefficient (Wildman–Crippen LogP) is 2.87. The van der Waals surface area contributed by atoms with E-state index >= 15 is 0 Å². The van der Waals surface area contributed by atoms with Gasteiger partial charge in [0.25, 0.3) is 0 Å². The number of methoxy groups -OCH3 is 1. The van der Waals surface area contributed by atoms with Crippen molar-refractivity contribution in [2.45, 2.75) is 19.4 Å². The lowest BCUT2D eigenvalue weighted by Gasteiger charge is -2.14. The molecule has 2 rings (SSSR count). The molecule has 1 N–H and O–H groups in total. The highest BCUT2D eigenvalue weighted by Crippen LogP contribution is 2.28.